The number of amides is 2. The van der Waals surface area contributed by atoms with Gasteiger partial charge in [-0.15, -0.1) is 0 Å². The lowest BCUT2D eigenvalue weighted by Gasteiger charge is -2.36. The number of carbonyl (C=O) groups excluding carboxylic acids is 2. The van der Waals surface area contributed by atoms with Crippen molar-refractivity contribution in [1.82, 2.24) is 10.6 Å². The minimum atomic E-state index is -0.372. The Morgan fingerprint density at radius 3 is 2.77 bits per heavy atom. The van der Waals surface area contributed by atoms with E-state index in [-0.39, 0.29) is 23.8 Å². The molecule has 0 spiro atoms. The Bertz CT molecular complexity index is 683. The second-order valence-electron chi connectivity index (χ2n) is 5.62. The van der Waals surface area contributed by atoms with Gasteiger partial charge in [-0.1, -0.05) is 12.1 Å². The summed E-state index contributed by atoms with van der Waals surface area (Å²) in [6.07, 6.45) is 3.13. The summed E-state index contributed by atoms with van der Waals surface area (Å²) in [4.78, 5) is 24.2. The predicted octanol–water partition coefficient (Wildman–Crippen LogP) is 1.67. The molecule has 1 saturated heterocycles. The Labute approximate surface area is 127 Å². The molecule has 1 aromatic carbocycles. The number of urea groups is 1. The summed E-state index contributed by atoms with van der Waals surface area (Å²) in [7, 11) is 0. The highest BCUT2D eigenvalue weighted by Crippen LogP contribution is 2.38. The third kappa shape index (κ3) is 2.11. The molecule has 2 amide bonds. The number of carbonyl (C=O) groups is 2. The van der Waals surface area contributed by atoms with Crippen molar-refractivity contribution in [3.63, 3.8) is 0 Å². The van der Waals surface area contributed by atoms with E-state index in [1.54, 1.807) is 0 Å². The third-order valence-electron chi connectivity index (χ3n) is 4.24. The summed E-state index contributed by atoms with van der Waals surface area (Å²) < 4.78 is 11.1. The topological polar surface area (TPSA) is 76.7 Å². The third-order valence-corrected chi connectivity index (χ3v) is 4.24. The molecule has 3 aliphatic rings. The lowest BCUT2D eigenvalue weighted by Crippen LogP contribution is -2.51. The lowest BCUT2D eigenvalue weighted by molar-refractivity contribution is -0.123. The van der Waals surface area contributed by atoms with Crippen LogP contribution in [0.3, 0.4) is 0 Å². The summed E-state index contributed by atoms with van der Waals surface area (Å²) >= 11 is 0. The molecule has 4 rings (SSSR count). The first-order chi connectivity index (χ1) is 10.7. The lowest BCUT2D eigenvalue weighted by atomic mass is 9.80. The van der Waals surface area contributed by atoms with E-state index in [0.717, 1.165) is 5.56 Å². The van der Waals surface area contributed by atoms with Crippen LogP contribution in [0, 0.1) is 5.92 Å². The molecule has 1 aromatic rings. The van der Waals surface area contributed by atoms with Gasteiger partial charge >= 0.3 is 6.03 Å². The summed E-state index contributed by atoms with van der Waals surface area (Å²) in [6.45, 7) is 1.03. The first-order valence-corrected chi connectivity index (χ1v) is 7.42. The Hall–Kier alpha value is -2.50. The van der Waals surface area contributed by atoms with Crippen LogP contribution in [0.25, 0.3) is 0 Å². The maximum Gasteiger partial charge on any atom is 0.319 e. The summed E-state index contributed by atoms with van der Waals surface area (Å²) in [5.74, 6) is 1.14. The summed E-state index contributed by atoms with van der Waals surface area (Å²) in [5, 5.41) is 5.61. The molecule has 2 aliphatic heterocycles. The number of ether oxygens (including phenoxy) is 2. The largest absolute Gasteiger partial charge is 0.486 e. The van der Waals surface area contributed by atoms with Crippen molar-refractivity contribution in [2.24, 2.45) is 5.92 Å². The van der Waals surface area contributed by atoms with Crippen molar-refractivity contribution in [3.8, 4) is 11.5 Å². The van der Waals surface area contributed by atoms with Gasteiger partial charge in [0.25, 0.3) is 0 Å². The average molecular weight is 300 g/mol. The van der Waals surface area contributed by atoms with E-state index in [4.69, 9.17) is 9.47 Å². The van der Waals surface area contributed by atoms with Gasteiger partial charge in [0.05, 0.1) is 12.0 Å². The Morgan fingerprint density at radius 2 is 1.91 bits per heavy atom. The number of ketones is 1. The van der Waals surface area contributed by atoms with Gasteiger partial charge in [0.1, 0.15) is 19.0 Å². The smallest absolute Gasteiger partial charge is 0.319 e. The Balaban J connectivity index is 1.73. The monoisotopic (exact) mass is 300 g/mol. The molecule has 22 heavy (non-hydrogen) atoms. The zero-order chi connectivity index (χ0) is 15.1. The maximum absolute atomic E-state index is 12.3. The minimum absolute atomic E-state index is 0.143. The van der Waals surface area contributed by atoms with Gasteiger partial charge in [-0.05, 0) is 24.1 Å². The molecule has 1 fully saturated rings. The standard InChI is InChI=1S/C16H16N2O4/c19-11-3-1-2-10-14(11)15(18-16(20)17-10)9-4-5-12-13(8-9)22-7-6-21-12/h2,4-5,8,14-15H,1,3,6-7H2,(H2,17,18,20)/t14-,15-/m0/s1. The van der Waals surface area contributed by atoms with Gasteiger partial charge in [-0.2, -0.15) is 0 Å². The van der Waals surface area contributed by atoms with Gasteiger partial charge in [0.2, 0.25) is 0 Å². The van der Waals surface area contributed by atoms with E-state index in [1.165, 1.54) is 0 Å². The molecule has 114 valence electrons. The fourth-order valence-electron chi connectivity index (χ4n) is 3.24. The van der Waals surface area contributed by atoms with Gasteiger partial charge in [0, 0.05) is 12.1 Å². The van der Waals surface area contributed by atoms with E-state index < -0.39 is 0 Å². The number of nitrogens with one attached hydrogen (secondary N) is 2. The van der Waals surface area contributed by atoms with Crippen molar-refractivity contribution in [3.05, 3.63) is 35.5 Å². The summed E-state index contributed by atoms with van der Waals surface area (Å²) in [6, 6.07) is 4.91. The average Bonchev–Trinajstić information content (AvgIpc) is 2.53. The number of allylic oxidation sites excluding steroid dienone is 1. The van der Waals surface area contributed by atoms with Crippen molar-refractivity contribution in [1.29, 1.82) is 0 Å². The van der Waals surface area contributed by atoms with E-state index in [2.05, 4.69) is 10.6 Å². The van der Waals surface area contributed by atoms with Crippen LogP contribution in [0.2, 0.25) is 0 Å². The van der Waals surface area contributed by atoms with Crippen LogP contribution in [0.5, 0.6) is 11.5 Å². The van der Waals surface area contributed by atoms with Crippen LogP contribution in [-0.2, 0) is 4.79 Å². The first-order valence-electron chi connectivity index (χ1n) is 7.42. The molecule has 1 aliphatic carbocycles. The van der Waals surface area contributed by atoms with E-state index >= 15 is 0 Å². The second kappa shape index (κ2) is 5.05. The molecular formula is C16H16N2O4. The maximum atomic E-state index is 12.3. The van der Waals surface area contributed by atoms with Crippen LogP contribution in [0.15, 0.2) is 30.0 Å². The zero-order valence-electron chi connectivity index (χ0n) is 11.9. The number of hydrogen-bond acceptors (Lipinski definition) is 4. The molecule has 2 N–H and O–H groups in total. The highest BCUT2D eigenvalue weighted by Gasteiger charge is 2.39. The minimum Gasteiger partial charge on any atom is -0.486 e. The normalized spacial score (nSPS) is 26.5. The molecule has 0 aromatic heterocycles. The molecule has 0 saturated carbocycles. The van der Waals surface area contributed by atoms with Gasteiger partial charge < -0.3 is 20.1 Å². The Kier molecular flexibility index (Phi) is 3.03. The number of benzene rings is 1. The van der Waals surface area contributed by atoms with E-state index in [0.29, 0.717) is 43.3 Å². The quantitative estimate of drug-likeness (QED) is 0.827. The Morgan fingerprint density at radius 1 is 1.09 bits per heavy atom. The molecule has 0 bridgehead atoms. The second-order valence-corrected chi connectivity index (χ2v) is 5.62. The number of fused-ring (bicyclic) bond motifs is 2. The molecule has 2 atom stereocenters. The van der Waals surface area contributed by atoms with Crippen molar-refractivity contribution in [2.75, 3.05) is 13.2 Å². The molecule has 6 nitrogen and oxygen atoms in total. The van der Waals surface area contributed by atoms with Crippen LogP contribution in [0.1, 0.15) is 24.4 Å². The van der Waals surface area contributed by atoms with Crippen molar-refractivity contribution < 1.29 is 19.1 Å². The predicted molar refractivity (Wildman–Crippen MR) is 77.7 cm³/mol. The fourth-order valence-corrected chi connectivity index (χ4v) is 3.24. The molecular weight excluding hydrogens is 284 g/mol. The van der Waals surface area contributed by atoms with Gasteiger partial charge in [-0.3, -0.25) is 4.79 Å². The van der Waals surface area contributed by atoms with Crippen molar-refractivity contribution >= 4 is 11.8 Å². The highest BCUT2D eigenvalue weighted by atomic mass is 16.6. The highest BCUT2D eigenvalue weighted by molar-refractivity contribution is 5.90. The molecule has 6 heteroatoms. The van der Waals surface area contributed by atoms with Crippen molar-refractivity contribution in [2.45, 2.75) is 18.9 Å². The molecule has 0 unspecified atom stereocenters. The SMILES string of the molecule is O=C1NC2=CCCC(=O)[C@H]2[C@H](c2ccc3c(c2)OCCO3)N1. The zero-order valence-corrected chi connectivity index (χ0v) is 11.9. The van der Waals surface area contributed by atoms with Gasteiger partial charge in [0.15, 0.2) is 11.5 Å². The molecule has 0 radical (unpaired) electrons. The summed E-state index contributed by atoms with van der Waals surface area (Å²) in [5.41, 5.74) is 1.56. The van der Waals surface area contributed by atoms with Gasteiger partial charge in [-0.25, -0.2) is 4.79 Å². The molecule has 2 heterocycles. The van der Waals surface area contributed by atoms with E-state index in [9.17, 15) is 9.59 Å². The first kappa shape index (κ1) is 13.2. The van der Waals surface area contributed by atoms with Crippen LogP contribution < -0.4 is 20.1 Å². The van der Waals surface area contributed by atoms with Crippen LogP contribution in [-0.4, -0.2) is 25.0 Å². The van der Waals surface area contributed by atoms with E-state index in [1.807, 2.05) is 24.3 Å². The number of Topliss-reactive ketones (excluding diaryl/α,β-unsaturated/α-hetero) is 1. The number of rotatable bonds is 1. The fraction of sp³-hybridized carbons (Fsp3) is 0.375. The van der Waals surface area contributed by atoms with Crippen LogP contribution in [0.4, 0.5) is 4.79 Å². The number of hydrogen-bond donors (Lipinski definition) is 2. The van der Waals surface area contributed by atoms with Crippen LogP contribution >= 0.6 is 0 Å².